The van der Waals surface area contributed by atoms with Crippen molar-refractivity contribution in [1.82, 2.24) is 9.55 Å². The summed E-state index contributed by atoms with van der Waals surface area (Å²) in [6.07, 6.45) is -0.00246. The molecule has 2 aromatic rings. The standard InChI is InChI=1S/C11H12FN3O2/c1-13-11-14-8-6-7(12)2-3-9(8)15(11)5-4-10(16)17/h2-3,6H,4-5H2,1H3,(H,13,14)(H,16,17). The van der Waals surface area contributed by atoms with Crippen LogP contribution in [-0.2, 0) is 11.3 Å². The lowest BCUT2D eigenvalue weighted by atomic mass is 10.3. The zero-order chi connectivity index (χ0) is 12.4. The van der Waals surface area contributed by atoms with Crippen LogP contribution in [0.1, 0.15) is 6.42 Å². The van der Waals surface area contributed by atoms with Crippen LogP contribution in [-0.4, -0.2) is 27.7 Å². The van der Waals surface area contributed by atoms with Crippen LogP contribution < -0.4 is 5.32 Å². The van der Waals surface area contributed by atoms with E-state index >= 15 is 0 Å². The molecule has 0 aliphatic rings. The van der Waals surface area contributed by atoms with Gasteiger partial charge in [0.2, 0.25) is 5.95 Å². The third kappa shape index (κ3) is 2.20. The van der Waals surface area contributed by atoms with E-state index in [1.54, 1.807) is 17.7 Å². The van der Waals surface area contributed by atoms with Crippen LogP contribution in [0.25, 0.3) is 11.0 Å². The smallest absolute Gasteiger partial charge is 0.305 e. The molecule has 0 saturated carbocycles. The van der Waals surface area contributed by atoms with Crippen molar-refractivity contribution in [2.75, 3.05) is 12.4 Å². The number of carboxylic acids is 1. The van der Waals surface area contributed by atoms with Gasteiger partial charge in [-0.2, -0.15) is 0 Å². The molecule has 0 aliphatic heterocycles. The van der Waals surface area contributed by atoms with E-state index < -0.39 is 5.97 Å². The number of nitrogens with zero attached hydrogens (tertiary/aromatic N) is 2. The van der Waals surface area contributed by atoms with Crippen molar-refractivity contribution in [3.8, 4) is 0 Å². The number of fused-ring (bicyclic) bond motifs is 1. The fraction of sp³-hybridized carbons (Fsp3) is 0.273. The number of nitrogens with one attached hydrogen (secondary N) is 1. The molecule has 0 saturated heterocycles. The molecule has 0 spiro atoms. The molecule has 0 atom stereocenters. The molecule has 1 aromatic carbocycles. The topological polar surface area (TPSA) is 67.2 Å². The minimum Gasteiger partial charge on any atom is -0.481 e. The van der Waals surface area contributed by atoms with Gasteiger partial charge in [-0.25, -0.2) is 9.37 Å². The van der Waals surface area contributed by atoms with Gasteiger partial charge in [0.25, 0.3) is 0 Å². The number of hydrogen-bond donors (Lipinski definition) is 2. The molecule has 17 heavy (non-hydrogen) atoms. The predicted molar refractivity (Wildman–Crippen MR) is 61.5 cm³/mol. The summed E-state index contributed by atoms with van der Waals surface area (Å²) in [5.41, 5.74) is 1.23. The normalized spacial score (nSPS) is 10.7. The molecule has 0 bridgehead atoms. The van der Waals surface area contributed by atoms with E-state index in [4.69, 9.17) is 5.11 Å². The van der Waals surface area contributed by atoms with Gasteiger partial charge in [-0.15, -0.1) is 0 Å². The van der Waals surface area contributed by atoms with Crippen LogP contribution in [0.15, 0.2) is 18.2 Å². The van der Waals surface area contributed by atoms with Gasteiger partial charge in [0.05, 0.1) is 17.5 Å². The van der Waals surface area contributed by atoms with Gasteiger partial charge in [-0.1, -0.05) is 0 Å². The number of halogens is 1. The van der Waals surface area contributed by atoms with Gasteiger partial charge >= 0.3 is 5.97 Å². The average molecular weight is 237 g/mol. The number of imidazole rings is 1. The number of aromatic nitrogens is 2. The molecule has 0 amide bonds. The lowest BCUT2D eigenvalue weighted by Gasteiger charge is -2.06. The molecule has 0 fully saturated rings. The third-order valence-corrected chi connectivity index (χ3v) is 2.48. The summed E-state index contributed by atoms with van der Waals surface area (Å²) in [6.45, 7) is 0.299. The monoisotopic (exact) mass is 237 g/mol. The Balaban J connectivity index is 2.47. The van der Waals surface area contributed by atoms with Crippen molar-refractivity contribution in [3.05, 3.63) is 24.0 Å². The molecule has 0 radical (unpaired) electrons. The second-order valence-corrected chi connectivity index (χ2v) is 3.61. The van der Waals surface area contributed by atoms with Gasteiger partial charge in [0.1, 0.15) is 5.82 Å². The Bertz CT molecular complexity index is 565. The SMILES string of the molecule is CNc1nc2cc(F)ccc2n1CCC(=O)O. The highest BCUT2D eigenvalue weighted by Crippen LogP contribution is 2.20. The molecule has 2 rings (SSSR count). The summed E-state index contributed by atoms with van der Waals surface area (Å²) in [6, 6.07) is 4.26. The Hall–Kier alpha value is -2.11. The Morgan fingerprint density at radius 2 is 2.35 bits per heavy atom. The van der Waals surface area contributed by atoms with Gasteiger partial charge in [0, 0.05) is 19.7 Å². The fourth-order valence-electron chi connectivity index (χ4n) is 1.73. The highest BCUT2D eigenvalue weighted by Gasteiger charge is 2.11. The van der Waals surface area contributed by atoms with E-state index in [9.17, 15) is 9.18 Å². The zero-order valence-electron chi connectivity index (χ0n) is 9.27. The second-order valence-electron chi connectivity index (χ2n) is 3.61. The minimum atomic E-state index is -0.879. The average Bonchev–Trinajstić information content (AvgIpc) is 2.63. The molecule has 1 heterocycles. The van der Waals surface area contributed by atoms with Crippen molar-refractivity contribution in [2.45, 2.75) is 13.0 Å². The zero-order valence-corrected chi connectivity index (χ0v) is 9.27. The number of benzene rings is 1. The van der Waals surface area contributed by atoms with E-state index in [0.717, 1.165) is 5.52 Å². The number of anilines is 1. The molecule has 1 aromatic heterocycles. The van der Waals surface area contributed by atoms with E-state index in [-0.39, 0.29) is 12.2 Å². The number of hydrogen-bond acceptors (Lipinski definition) is 3. The van der Waals surface area contributed by atoms with Crippen molar-refractivity contribution < 1.29 is 14.3 Å². The van der Waals surface area contributed by atoms with E-state index in [1.807, 2.05) is 0 Å². The number of carboxylic acid groups (broad SMARTS) is 1. The van der Waals surface area contributed by atoms with Crippen LogP contribution >= 0.6 is 0 Å². The van der Waals surface area contributed by atoms with Crippen LogP contribution in [0.4, 0.5) is 10.3 Å². The summed E-state index contributed by atoms with van der Waals surface area (Å²) in [5, 5.41) is 11.5. The lowest BCUT2D eigenvalue weighted by Crippen LogP contribution is -2.07. The van der Waals surface area contributed by atoms with Crippen LogP contribution in [0.5, 0.6) is 0 Å². The maximum atomic E-state index is 13.0. The predicted octanol–water partition coefficient (Wildman–Crippen LogP) is 1.69. The van der Waals surface area contributed by atoms with Crippen LogP contribution in [0, 0.1) is 5.82 Å². The molecule has 5 nitrogen and oxygen atoms in total. The van der Waals surface area contributed by atoms with E-state index in [2.05, 4.69) is 10.3 Å². The summed E-state index contributed by atoms with van der Waals surface area (Å²) in [7, 11) is 1.69. The Morgan fingerprint density at radius 3 is 3.00 bits per heavy atom. The first-order valence-corrected chi connectivity index (χ1v) is 5.17. The Labute approximate surface area is 96.9 Å². The van der Waals surface area contributed by atoms with Gasteiger partial charge in [0.15, 0.2) is 0 Å². The fourth-order valence-corrected chi connectivity index (χ4v) is 1.73. The first-order valence-electron chi connectivity index (χ1n) is 5.17. The van der Waals surface area contributed by atoms with Gasteiger partial charge in [-0.05, 0) is 12.1 Å². The summed E-state index contributed by atoms with van der Waals surface area (Å²) >= 11 is 0. The van der Waals surface area contributed by atoms with Gasteiger partial charge < -0.3 is 15.0 Å². The number of aryl methyl sites for hydroxylation is 1. The summed E-state index contributed by atoms with van der Waals surface area (Å²) < 4.78 is 14.8. The number of rotatable bonds is 4. The van der Waals surface area contributed by atoms with E-state index in [1.165, 1.54) is 12.1 Å². The molecule has 6 heteroatoms. The molecule has 0 unspecified atom stereocenters. The van der Waals surface area contributed by atoms with Crippen molar-refractivity contribution in [3.63, 3.8) is 0 Å². The Kier molecular flexibility index (Phi) is 2.95. The first-order chi connectivity index (χ1) is 8.11. The largest absolute Gasteiger partial charge is 0.481 e. The molecule has 90 valence electrons. The van der Waals surface area contributed by atoms with Crippen LogP contribution in [0.3, 0.4) is 0 Å². The van der Waals surface area contributed by atoms with Crippen molar-refractivity contribution >= 4 is 23.0 Å². The number of carbonyl (C=O) groups is 1. The van der Waals surface area contributed by atoms with E-state index in [0.29, 0.717) is 18.0 Å². The maximum absolute atomic E-state index is 13.0. The second kappa shape index (κ2) is 4.40. The van der Waals surface area contributed by atoms with Crippen LogP contribution in [0.2, 0.25) is 0 Å². The Morgan fingerprint density at radius 1 is 1.59 bits per heavy atom. The molecule has 2 N–H and O–H groups in total. The third-order valence-electron chi connectivity index (χ3n) is 2.48. The molecular weight excluding hydrogens is 225 g/mol. The van der Waals surface area contributed by atoms with Crippen molar-refractivity contribution in [2.24, 2.45) is 0 Å². The van der Waals surface area contributed by atoms with Gasteiger partial charge in [-0.3, -0.25) is 4.79 Å². The minimum absolute atomic E-state index is 0.00246. The maximum Gasteiger partial charge on any atom is 0.305 e. The quantitative estimate of drug-likeness (QED) is 0.849. The molecular formula is C11H12FN3O2. The highest BCUT2D eigenvalue weighted by atomic mass is 19.1. The van der Waals surface area contributed by atoms with Crippen molar-refractivity contribution in [1.29, 1.82) is 0 Å². The lowest BCUT2D eigenvalue weighted by molar-refractivity contribution is -0.137. The number of aliphatic carboxylic acids is 1. The first kappa shape index (κ1) is 11.4. The summed E-state index contributed by atoms with van der Waals surface area (Å²) in [4.78, 5) is 14.8. The molecule has 0 aliphatic carbocycles. The summed E-state index contributed by atoms with van der Waals surface area (Å²) in [5.74, 6) is -0.703. The highest BCUT2D eigenvalue weighted by molar-refractivity contribution is 5.79.